The number of primary amides is 1. The van der Waals surface area contributed by atoms with Crippen molar-refractivity contribution < 1.29 is 32.2 Å². The van der Waals surface area contributed by atoms with E-state index in [0.29, 0.717) is 21.5 Å². The molecular formula is C30H27BrCl2N2O7S. The van der Waals surface area contributed by atoms with Gasteiger partial charge in [-0.05, 0) is 59.7 Å². The number of carbonyl (C=O) groups is 1. The third-order valence-electron chi connectivity index (χ3n) is 6.12. The van der Waals surface area contributed by atoms with Crippen LogP contribution in [0.4, 0.5) is 0 Å². The van der Waals surface area contributed by atoms with Gasteiger partial charge in [-0.1, -0.05) is 63.4 Å². The SMILES string of the molecule is COc1ccc(COc2ccc(Oc3c(Cl)cc(Br)cc3Cl)cc2S(=O)(=O)N(CC(N)=O)Cc2ccc(OC)cc2)cc1. The van der Waals surface area contributed by atoms with Crippen LogP contribution in [0.15, 0.2) is 88.2 Å². The molecule has 0 aromatic heterocycles. The van der Waals surface area contributed by atoms with Crippen LogP contribution < -0.4 is 24.7 Å². The maximum Gasteiger partial charge on any atom is 0.247 e. The van der Waals surface area contributed by atoms with Crippen LogP contribution in [-0.2, 0) is 28.0 Å². The fourth-order valence-corrected chi connectivity index (χ4v) is 6.80. The topological polar surface area (TPSA) is 117 Å². The lowest BCUT2D eigenvalue weighted by Gasteiger charge is -2.23. The summed E-state index contributed by atoms with van der Waals surface area (Å²) in [7, 11) is -1.31. The van der Waals surface area contributed by atoms with Crippen LogP contribution in [0.1, 0.15) is 11.1 Å². The van der Waals surface area contributed by atoms with Crippen molar-refractivity contribution in [1.29, 1.82) is 0 Å². The summed E-state index contributed by atoms with van der Waals surface area (Å²) >= 11 is 16.0. The van der Waals surface area contributed by atoms with Crippen molar-refractivity contribution in [2.75, 3.05) is 20.8 Å². The van der Waals surface area contributed by atoms with Crippen LogP contribution in [0.3, 0.4) is 0 Å². The molecule has 0 spiro atoms. The Morgan fingerprint density at radius 1 is 0.837 bits per heavy atom. The second-order valence-corrected chi connectivity index (χ2v) is 12.8. The van der Waals surface area contributed by atoms with Gasteiger partial charge < -0.3 is 24.7 Å². The summed E-state index contributed by atoms with van der Waals surface area (Å²) in [5, 5.41) is 0.414. The van der Waals surface area contributed by atoms with Crippen molar-refractivity contribution in [3.8, 4) is 28.7 Å². The Bertz CT molecular complexity index is 1680. The van der Waals surface area contributed by atoms with Crippen molar-refractivity contribution in [1.82, 2.24) is 4.31 Å². The molecule has 43 heavy (non-hydrogen) atoms. The molecule has 0 radical (unpaired) electrons. The lowest BCUT2D eigenvalue weighted by Crippen LogP contribution is -2.38. The Hall–Kier alpha value is -3.48. The number of amides is 1. The van der Waals surface area contributed by atoms with E-state index in [-0.39, 0.29) is 45.3 Å². The van der Waals surface area contributed by atoms with Gasteiger partial charge in [0.15, 0.2) is 5.75 Å². The zero-order chi connectivity index (χ0) is 31.1. The molecule has 1 amide bonds. The number of nitrogens with two attached hydrogens (primary N) is 1. The van der Waals surface area contributed by atoms with Crippen LogP contribution in [0, 0.1) is 0 Å². The molecule has 4 rings (SSSR count). The molecule has 4 aromatic carbocycles. The number of hydrogen-bond donors (Lipinski definition) is 1. The van der Waals surface area contributed by atoms with Gasteiger partial charge in [0.2, 0.25) is 15.9 Å². The van der Waals surface area contributed by atoms with E-state index in [2.05, 4.69) is 15.9 Å². The van der Waals surface area contributed by atoms with Crippen LogP contribution in [0.5, 0.6) is 28.7 Å². The summed E-state index contributed by atoms with van der Waals surface area (Å²) < 4.78 is 52.3. The van der Waals surface area contributed by atoms with Gasteiger partial charge in [0, 0.05) is 17.1 Å². The van der Waals surface area contributed by atoms with Gasteiger partial charge in [0.25, 0.3) is 0 Å². The molecule has 0 aliphatic carbocycles. The number of methoxy groups -OCH3 is 2. The predicted molar refractivity (Wildman–Crippen MR) is 168 cm³/mol. The number of hydrogen-bond acceptors (Lipinski definition) is 7. The Morgan fingerprint density at radius 3 is 1.91 bits per heavy atom. The van der Waals surface area contributed by atoms with Gasteiger partial charge in [-0.3, -0.25) is 4.79 Å². The minimum Gasteiger partial charge on any atom is -0.497 e. The fourth-order valence-electron chi connectivity index (χ4n) is 3.97. The smallest absolute Gasteiger partial charge is 0.247 e. The lowest BCUT2D eigenvalue weighted by atomic mass is 10.2. The zero-order valence-electron chi connectivity index (χ0n) is 23.1. The minimum absolute atomic E-state index is 0.0281. The molecular weight excluding hydrogens is 683 g/mol. The zero-order valence-corrected chi connectivity index (χ0v) is 27.0. The average Bonchev–Trinajstić information content (AvgIpc) is 2.98. The van der Waals surface area contributed by atoms with Gasteiger partial charge in [-0.15, -0.1) is 0 Å². The largest absolute Gasteiger partial charge is 0.497 e. The third kappa shape index (κ3) is 8.33. The molecule has 9 nitrogen and oxygen atoms in total. The Balaban J connectivity index is 1.75. The summed E-state index contributed by atoms with van der Waals surface area (Å²) in [4.78, 5) is 11.8. The molecule has 13 heteroatoms. The maximum absolute atomic E-state index is 14.2. The van der Waals surface area contributed by atoms with E-state index >= 15 is 0 Å². The van der Waals surface area contributed by atoms with Crippen molar-refractivity contribution in [3.05, 3.63) is 105 Å². The average molecular weight is 710 g/mol. The maximum atomic E-state index is 14.2. The second kappa shape index (κ2) is 14.3. The van der Waals surface area contributed by atoms with E-state index < -0.39 is 22.5 Å². The van der Waals surface area contributed by atoms with Crippen molar-refractivity contribution in [3.63, 3.8) is 0 Å². The molecule has 0 saturated carbocycles. The molecule has 0 bridgehead atoms. The Morgan fingerprint density at radius 2 is 1.37 bits per heavy atom. The van der Waals surface area contributed by atoms with E-state index in [1.54, 1.807) is 67.8 Å². The first-order chi connectivity index (χ1) is 20.5. The summed E-state index contributed by atoms with van der Waals surface area (Å²) in [5.74, 6) is 0.703. The first kappa shape index (κ1) is 32.4. The van der Waals surface area contributed by atoms with Crippen LogP contribution >= 0.6 is 39.1 Å². The lowest BCUT2D eigenvalue weighted by molar-refractivity contribution is -0.118. The first-order valence-corrected chi connectivity index (χ1v) is 15.6. The van der Waals surface area contributed by atoms with E-state index in [1.807, 2.05) is 0 Å². The van der Waals surface area contributed by atoms with Crippen molar-refractivity contribution >= 4 is 55.1 Å². The van der Waals surface area contributed by atoms with Crippen molar-refractivity contribution in [2.45, 2.75) is 18.0 Å². The number of carbonyl (C=O) groups excluding carboxylic acids is 1. The summed E-state index contributed by atoms with van der Waals surface area (Å²) in [6, 6.07) is 21.4. The van der Waals surface area contributed by atoms with E-state index in [1.165, 1.54) is 25.3 Å². The summed E-state index contributed by atoms with van der Waals surface area (Å²) in [5.41, 5.74) is 6.85. The predicted octanol–water partition coefficient (Wildman–Crippen LogP) is 6.82. The highest BCUT2D eigenvalue weighted by Gasteiger charge is 2.30. The Kier molecular flexibility index (Phi) is 10.8. The standard InChI is InChI=1S/C30H27BrCl2N2O7S/c1-39-22-7-3-19(4-8-22)16-35(17-29(34)36)43(37,38)28-15-24(42-30-25(32)13-21(31)14-26(30)33)11-12-27(28)41-18-20-5-9-23(40-2)10-6-20/h3-15H,16-18H2,1-2H3,(H2,34,36). The van der Waals surface area contributed by atoms with Crippen LogP contribution in [-0.4, -0.2) is 39.4 Å². The second-order valence-electron chi connectivity index (χ2n) is 9.13. The van der Waals surface area contributed by atoms with Crippen LogP contribution in [0.2, 0.25) is 10.0 Å². The summed E-state index contributed by atoms with van der Waals surface area (Å²) in [6.45, 7) is -0.685. The van der Waals surface area contributed by atoms with Crippen LogP contribution in [0.25, 0.3) is 0 Å². The number of halogens is 3. The van der Waals surface area contributed by atoms with Crippen molar-refractivity contribution in [2.24, 2.45) is 5.73 Å². The highest BCUT2D eigenvalue weighted by molar-refractivity contribution is 9.10. The molecule has 226 valence electrons. The number of rotatable bonds is 13. The monoisotopic (exact) mass is 708 g/mol. The quantitative estimate of drug-likeness (QED) is 0.162. The number of benzene rings is 4. The molecule has 0 saturated heterocycles. The van der Waals surface area contributed by atoms with Gasteiger partial charge in [-0.25, -0.2) is 8.42 Å². The highest BCUT2D eigenvalue weighted by Crippen LogP contribution is 2.40. The molecule has 4 aromatic rings. The van der Waals surface area contributed by atoms with Gasteiger partial charge in [0.1, 0.15) is 34.5 Å². The third-order valence-corrected chi connectivity index (χ3v) is 8.95. The Labute approximate surface area is 268 Å². The van der Waals surface area contributed by atoms with Gasteiger partial charge >= 0.3 is 0 Å². The number of sulfonamides is 1. The normalized spacial score (nSPS) is 11.3. The number of nitrogens with zero attached hydrogens (tertiary/aromatic N) is 1. The first-order valence-electron chi connectivity index (χ1n) is 12.6. The molecule has 0 fully saturated rings. The molecule has 0 aliphatic rings. The molecule has 0 atom stereocenters. The molecule has 0 heterocycles. The molecule has 0 unspecified atom stereocenters. The van der Waals surface area contributed by atoms with E-state index in [4.69, 9.17) is 47.9 Å². The van der Waals surface area contributed by atoms with Gasteiger partial charge in [-0.2, -0.15) is 4.31 Å². The minimum atomic E-state index is -4.39. The molecule has 2 N–H and O–H groups in total. The summed E-state index contributed by atoms with van der Waals surface area (Å²) in [6.07, 6.45) is 0. The van der Waals surface area contributed by atoms with Gasteiger partial charge in [0.05, 0.1) is 30.8 Å². The highest BCUT2D eigenvalue weighted by atomic mass is 79.9. The fraction of sp³-hybridized carbons (Fsp3) is 0.167. The molecule has 0 aliphatic heterocycles. The van der Waals surface area contributed by atoms with E-state index in [9.17, 15) is 13.2 Å². The van der Waals surface area contributed by atoms with E-state index in [0.717, 1.165) is 9.87 Å². The number of ether oxygens (including phenoxy) is 4.